The predicted octanol–water partition coefficient (Wildman–Crippen LogP) is 3.11. The summed E-state index contributed by atoms with van der Waals surface area (Å²) in [7, 11) is -3.22. The molecule has 0 spiro atoms. The number of hydrogen-bond acceptors (Lipinski definition) is 4. The van der Waals surface area contributed by atoms with Crippen molar-refractivity contribution in [3.63, 3.8) is 0 Å². The van der Waals surface area contributed by atoms with Gasteiger partial charge in [0.1, 0.15) is 5.75 Å². The van der Waals surface area contributed by atoms with Crippen molar-refractivity contribution >= 4 is 21.5 Å². The van der Waals surface area contributed by atoms with Crippen LogP contribution in [0, 0.1) is 6.92 Å². The van der Waals surface area contributed by atoms with Crippen molar-refractivity contribution in [3.8, 4) is 5.75 Å². The summed E-state index contributed by atoms with van der Waals surface area (Å²) < 4.78 is 28.9. The lowest BCUT2D eigenvalue weighted by Crippen LogP contribution is -2.22. The van der Waals surface area contributed by atoms with Crippen LogP contribution in [0.2, 0.25) is 0 Å². The topological polar surface area (TPSA) is 93.8 Å². The van der Waals surface area contributed by atoms with E-state index in [1.807, 2.05) is 44.2 Å². The molecular weight excluding hydrogens is 350 g/mol. The van der Waals surface area contributed by atoms with Crippen molar-refractivity contribution in [2.45, 2.75) is 38.3 Å². The Bertz CT molecular complexity index is 889. The highest BCUT2D eigenvalue weighted by molar-refractivity contribution is 7.90. The molecule has 6 nitrogen and oxygen atoms in total. The molecule has 2 aromatic rings. The summed E-state index contributed by atoms with van der Waals surface area (Å²) in [6, 6.07) is 12.6. The Kier molecular flexibility index (Phi) is 6.26. The third kappa shape index (κ3) is 5.77. The number of sulfone groups is 1. The summed E-state index contributed by atoms with van der Waals surface area (Å²) in [5, 5.41) is 3.02. The van der Waals surface area contributed by atoms with Crippen molar-refractivity contribution in [1.82, 2.24) is 0 Å². The molecule has 0 atom stereocenters. The SMILES string of the molecule is Cc1cc(CN=C(N)Nc2ccc(OC(C)C)cc2)ccc1S(C)(=O)=O. The van der Waals surface area contributed by atoms with Crippen LogP contribution < -0.4 is 15.8 Å². The van der Waals surface area contributed by atoms with Crippen LogP contribution in [0.25, 0.3) is 0 Å². The molecule has 0 saturated carbocycles. The molecule has 0 heterocycles. The normalized spacial score (nSPS) is 12.3. The van der Waals surface area contributed by atoms with Crippen LogP contribution in [0.15, 0.2) is 52.4 Å². The number of anilines is 1. The van der Waals surface area contributed by atoms with Gasteiger partial charge in [-0.2, -0.15) is 0 Å². The second-order valence-corrected chi connectivity index (χ2v) is 8.37. The molecule has 0 unspecified atom stereocenters. The zero-order valence-electron chi connectivity index (χ0n) is 15.5. The van der Waals surface area contributed by atoms with E-state index in [2.05, 4.69) is 10.3 Å². The van der Waals surface area contributed by atoms with Gasteiger partial charge in [-0.1, -0.05) is 12.1 Å². The van der Waals surface area contributed by atoms with Gasteiger partial charge in [-0.3, -0.25) is 0 Å². The smallest absolute Gasteiger partial charge is 0.193 e. The molecule has 26 heavy (non-hydrogen) atoms. The number of aliphatic imine (C=N–C) groups is 1. The van der Waals surface area contributed by atoms with Crippen LogP contribution in [0.4, 0.5) is 5.69 Å². The summed E-state index contributed by atoms with van der Waals surface area (Å²) >= 11 is 0. The Morgan fingerprint density at radius 3 is 2.38 bits per heavy atom. The number of hydrogen-bond donors (Lipinski definition) is 2. The number of aryl methyl sites for hydroxylation is 1. The third-order valence-electron chi connectivity index (χ3n) is 3.57. The van der Waals surface area contributed by atoms with Gasteiger partial charge < -0.3 is 15.8 Å². The van der Waals surface area contributed by atoms with Gasteiger partial charge in [0.15, 0.2) is 15.8 Å². The molecule has 0 aromatic heterocycles. The van der Waals surface area contributed by atoms with Crippen molar-refractivity contribution in [2.75, 3.05) is 11.6 Å². The van der Waals surface area contributed by atoms with E-state index < -0.39 is 9.84 Å². The van der Waals surface area contributed by atoms with Crippen molar-refractivity contribution in [2.24, 2.45) is 10.7 Å². The van der Waals surface area contributed by atoms with Crippen LogP contribution in [0.1, 0.15) is 25.0 Å². The molecule has 0 aliphatic heterocycles. The number of ether oxygens (including phenoxy) is 1. The van der Waals surface area contributed by atoms with Crippen molar-refractivity contribution in [1.29, 1.82) is 0 Å². The van der Waals surface area contributed by atoms with Gasteiger partial charge in [-0.05, 0) is 62.2 Å². The zero-order valence-corrected chi connectivity index (χ0v) is 16.3. The van der Waals surface area contributed by atoms with E-state index in [0.29, 0.717) is 17.0 Å². The van der Waals surface area contributed by atoms with E-state index in [-0.39, 0.29) is 12.1 Å². The predicted molar refractivity (Wildman–Crippen MR) is 105 cm³/mol. The second-order valence-electron chi connectivity index (χ2n) is 6.39. The van der Waals surface area contributed by atoms with Crippen LogP contribution >= 0.6 is 0 Å². The number of benzene rings is 2. The Hall–Kier alpha value is -2.54. The molecule has 0 aliphatic rings. The Morgan fingerprint density at radius 2 is 1.85 bits per heavy atom. The highest BCUT2D eigenvalue weighted by Gasteiger charge is 2.10. The van der Waals surface area contributed by atoms with Crippen molar-refractivity contribution < 1.29 is 13.2 Å². The van der Waals surface area contributed by atoms with Gasteiger partial charge in [0, 0.05) is 11.9 Å². The van der Waals surface area contributed by atoms with Gasteiger partial charge in [-0.15, -0.1) is 0 Å². The Balaban J connectivity index is 2.01. The largest absolute Gasteiger partial charge is 0.491 e. The fraction of sp³-hybridized carbons (Fsp3) is 0.316. The fourth-order valence-corrected chi connectivity index (χ4v) is 3.44. The first kappa shape index (κ1) is 19.8. The van der Waals surface area contributed by atoms with Gasteiger partial charge in [-0.25, -0.2) is 13.4 Å². The van der Waals surface area contributed by atoms with E-state index in [0.717, 1.165) is 17.0 Å². The van der Waals surface area contributed by atoms with Crippen molar-refractivity contribution in [3.05, 3.63) is 53.6 Å². The summed E-state index contributed by atoms with van der Waals surface area (Å²) in [4.78, 5) is 4.63. The standard InChI is InChI=1S/C19H25N3O3S/c1-13(2)25-17-8-6-16(7-9-17)22-19(20)21-12-15-5-10-18(14(3)11-15)26(4,23)24/h5-11,13H,12H2,1-4H3,(H3,20,21,22). The van der Waals surface area contributed by atoms with E-state index >= 15 is 0 Å². The number of nitrogens with two attached hydrogens (primary N) is 1. The van der Waals surface area contributed by atoms with Crippen LogP contribution in [-0.2, 0) is 16.4 Å². The maximum Gasteiger partial charge on any atom is 0.193 e. The summed E-state index contributed by atoms with van der Waals surface area (Å²) in [5.41, 5.74) is 8.32. The van der Waals surface area contributed by atoms with Gasteiger partial charge >= 0.3 is 0 Å². The van der Waals surface area contributed by atoms with E-state index in [1.165, 1.54) is 6.26 Å². The maximum absolute atomic E-state index is 11.7. The second kappa shape index (κ2) is 8.23. The number of guanidine groups is 1. The molecule has 2 rings (SSSR count). The number of nitrogens with zero attached hydrogens (tertiary/aromatic N) is 1. The van der Waals surface area contributed by atoms with Gasteiger partial charge in [0.25, 0.3) is 0 Å². The molecule has 140 valence electrons. The van der Waals surface area contributed by atoms with Crippen LogP contribution in [0.3, 0.4) is 0 Å². The molecule has 0 fully saturated rings. The molecule has 0 saturated heterocycles. The number of nitrogens with one attached hydrogen (secondary N) is 1. The lowest BCUT2D eigenvalue weighted by Gasteiger charge is -2.11. The van der Waals surface area contributed by atoms with E-state index in [4.69, 9.17) is 10.5 Å². The quantitative estimate of drug-likeness (QED) is 0.598. The van der Waals surface area contributed by atoms with Crippen LogP contribution in [-0.4, -0.2) is 26.7 Å². The molecular formula is C19H25N3O3S. The first-order valence-electron chi connectivity index (χ1n) is 8.28. The molecule has 2 aromatic carbocycles. The first-order chi connectivity index (χ1) is 12.1. The summed E-state index contributed by atoms with van der Waals surface area (Å²) in [6.45, 7) is 6.08. The van der Waals surface area contributed by atoms with E-state index in [1.54, 1.807) is 19.1 Å². The molecule has 0 aliphatic carbocycles. The molecule has 7 heteroatoms. The highest BCUT2D eigenvalue weighted by atomic mass is 32.2. The van der Waals surface area contributed by atoms with Gasteiger partial charge in [0.05, 0.1) is 17.5 Å². The minimum atomic E-state index is -3.22. The molecule has 0 bridgehead atoms. The lowest BCUT2D eigenvalue weighted by atomic mass is 10.1. The first-order valence-corrected chi connectivity index (χ1v) is 10.2. The Morgan fingerprint density at radius 1 is 1.19 bits per heavy atom. The summed E-state index contributed by atoms with van der Waals surface area (Å²) in [6.07, 6.45) is 1.32. The monoisotopic (exact) mass is 375 g/mol. The van der Waals surface area contributed by atoms with Crippen LogP contribution in [0.5, 0.6) is 5.75 Å². The number of rotatable bonds is 6. The minimum Gasteiger partial charge on any atom is -0.491 e. The molecule has 3 N–H and O–H groups in total. The zero-order chi connectivity index (χ0) is 19.3. The average molecular weight is 375 g/mol. The van der Waals surface area contributed by atoms with E-state index in [9.17, 15) is 8.42 Å². The average Bonchev–Trinajstić information content (AvgIpc) is 2.53. The maximum atomic E-state index is 11.7. The molecule has 0 radical (unpaired) electrons. The third-order valence-corrected chi connectivity index (χ3v) is 4.83. The molecule has 0 amide bonds. The lowest BCUT2D eigenvalue weighted by molar-refractivity contribution is 0.242. The highest BCUT2D eigenvalue weighted by Crippen LogP contribution is 2.18. The van der Waals surface area contributed by atoms with Gasteiger partial charge in [0.2, 0.25) is 0 Å². The Labute approximate surface area is 155 Å². The fourth-order valence-electron chi connectivity index (χ4n) is 2.48. The minimum absolute atomic E-state index is 0.123. The summed E-state index contributed by atoms with van der Waals surface area (Å²) in [5.74, 6) is 1.08.